The predicted molar refractivity (Wildman–Crippen MR) is 143 cm³/mol. The van der Waals surface area contributed by atoms with Crippen molar-refractivity contribution < 1.29 is 27.2 Å². The Balaban J connectivity index is 1.35. The second kappa shape index (κ2) is 11.1. The number of benzene rings is 1. The zero-order chi connectivity index (χ0) is 27.0. The minimum atomic E-state index is -4.11. The molecule has 5 rings (SSSR count). The highest BCUT2D eigenvalue weighted by Crippen LogP contribution is 2.42. The van der Waals surface area contributed by atoms with E-state index in [4.69, 9.17) is 33.1 Å². The molecule has 4 atom stereocenters. The van der Waals surface area contributed by atoms with Crippen LogP contribution in [-0.4, -0.2) is 54.6 Å². The van der Waals surface area contributed by atoms with Crippen molar-refractivity contribution in [2.75, 3.05) is 18.5 Å². The van der Waals surface area contributed by atoms with Crippen molar-refractivity contribution in [3.63, 3.8) is 0 Å². The summed E-state index contributed by atoms with van der Waals surface area (Å²) < 4.78 is 33.3. The number of carbonyl (C=O) groups excluding carboxylic acids is 1. The maximum absolute atomic E-state index is 13.6. The molecule has 4 N–H and O–H groups in total. The van der Waals surface area contributed by atoms with Gasteiger partial charge in [0.2, 0.25) is 5.78 Å². The number of nitrogens with two attached hydrogens (primary N) is 1. The van der Waals surface area contributed by atoms with Crippen molar-refractivity contribution in [1.29, 1.82) is 0 Å². The molecule has 1 saturated carbocycles. The lowest BCUT2D eigenvalue weighted by Gasteiger charge is -2.26. The van der Waals surface area contributed by atoms with Crippen molar-refractivity contribution in [1.82, 2.24) is 9.97 Å². The predicted octanol–water partition coefficient (Wildman–Crippen LogP) is 3.51. The quantitative estimate of drug-likeness (QED) is 0.330. The van der Waals surface area contributed by atoms with Crippen LogP contribution in [0.15, 0.2) is 36.8 Å². The summed E-state index contributed by atoms with van der Waals surface area (Å²) >= 11 is 14.0. The minimum absolute atomic E-state index is 0.234. The second-order valence-electron chi connectivity index (χ2n) is 9.22. The van der Waals surface area contributed by atoms with Crippen LogP contribution in [-0.2, 0) is 25.6 Å². The van der Waals surface area contributed by atoms with Gasteiger partial charge in [0.05, 0.1) is 34.1 Å². The number of aliphatic hydroxyl groups excluding tert-OH is 1. The van der Waals surface area contributed by atoms with E-state index in [2.05, 4.69) is 19.5 Å². The summed E-state index contributed by atoms with van der Waals surface area (Å²) in [5.41, 5.74) is 2.97. The number of hydrogen-bond acceptors (Lipinski definition) is 10. The number of anilines is 1. The molecule has 2 aliphatic rings. The molecule has 3 aromatic rings. The van der Waals surface area contributed by atoms with Crippen LogP contribution in [0.5, 0.6) is 0 Å². The first kappa shape index (κ1) is 27.4. The molecule has 2 aromatic heterocycles. The topological polar surface area (TPSA) is 154 Å². The van der Waals surface area contributed by atoms with Gasteiger partial charge in [-0.1, -0.05) is 29.3 Å². The molecule has 0 bridgehead atoms. The number of aromatic nitrogens is 2. The van der Waals surface area contributed by atoms with E-state index >= 15 is 0 Å². The van der Waals surface area contributed by atoms with E-state index in [0.29, 0.717) is 45.1 Å². The van der Waals surface area contributed by atoms with E-state index in [1.54, 1.807) is 6.07 Å². The molecular weight excluding hydrogens is 575 g/mol. The van der Waals surface area contributed by atoms with Crippen LogP contribution in [0.1, 0.15) is 50.9 Å². The smallest absolute Gasteiger partial charge is 0.333 e. The fourth-order valence-electron chi connectivity index (χ4n) is 4.86. The third-order valence-corrected chi connectivity index (χ3v) is 8.75. The summed E-state index contributed by atoms with van der Waals surface area (Å²) in [7, 11) is -4.11. The number of nitrogens with one attached hydrogen (secondary N) is 1. The Morgan fingerprint density at radius 2 is 2.08 bits per heavy atom. The molecule has 0 radical (unpaired) electrons. The van der Waals surface area contributed by atoms with Crippen LogP contribution in [0, 0.1) is 5.92 Å². The minimum Gasteiger partial charge on any atom is -0.393 e. The van der Waals surface area contributed by atoms with Gasteiger partial charge in [0, 0.05) is 28.7 Å². The van der Waals surface area contributed by atoms with Gasteiger partial charge < -0.3 is 15.2 Å². The van der Waals surface area contributed by atoms with Crippen LogP contribution in [0.4, 0.5) is 5.82 Å². The fraction of sp³-hybridized carbons (Fsp3) is 0.375. The van der Waals surface area contributed by atoms with E-state index in [1.165, 1.54) is 12.5 Å². The Hall–Kier alpha value is -2.16. The maximum atomic E-state index is 13.6. The van der Waals surface area contributed by atoms with Gasteiger partial charge in [-0.2, -0.15) is 8.42 Å². The molecule has 1 aliphatic carbocycles. The standard InChI is InChI=1S/C24H24Cl2N4O6S2/c25-14-2-1-12-3-4-35-22(16(12)6-14)17-8-20(37-23(17)26)21(32)18-9-28-11-29-24(18)30-15-5-13(19(31)7-15)10-36-38(27,33)34/h1-2,6,8-9,11,13,15,19,22,31H,3-5,7,10H2,(H2,27,33,34)(H,28,29,30)/t13-,15-,19+,22-/m1/s1. The van der Waals surface area contributed by atoms with Crippen LogP contribution in [0.3, 0.4) is 0 Å². The van der Waals surface area contributed by atoms with Gasteiger partial charge >= 0.3 is 10.3 Å². The number of halogens is 2. The molecule has 0 spiro atoms. The molecule has 38 heavy (non-hydrogen) atoms. The lowest BCUT2D eigenvalue weighted by atomic mass is 9.94. The lowest BCUT2D eigenvalue weighted by molar-refractivity contribution is 0.0701. The average Bonchev–Trinajstić information content (AvgIpc) is 3.43. The fourth-order valence-corrected chi connectivity index (χ4v) is 6.68. The van der Waals surface area contributed by atoms with Gasteiger partial charge in [-0.05, 0) is 48.6 Å². The first-order chi connectivity index (χ1) is 18.1. The van der Waals surface area contributed by atoms with E-state index in [0.717, 1.165) is 28.9 Å². The number of ketones is 1. The number of carbonyl (C=O) groups is 1. The van der Waals surface area contributed by atoms with Gasteiger partial charge in [-0.15, -0.1) is 11.3 Å². The summed E-state index contributed by atoms with van der Waals surface area (Å²) in [5, 5.41) is 19.0. The Labute approximate surface area is 233 Å². The highest BCUT2D eigenvalue weighted by molar-refractivity contribution is 7.84. The molecule has 10 nitrogen and oxygen atoms in total. The summed E-state index contributed by atoms with van der Waals surface area (Å²) in [6, 6.07) is 7.13. The molecule has 14 heteroatoms. The molecular formula is C24H24Cl2N4O6S2. The molecule has 1 aromatic carbocycles. The first-order valence-electron chi connectivity index (χ1n) is 11.7. The van der Waals surface area contributed by atoms with Crippen molar-refractivity contribution >= 4 is 56.4 Å². The Kier molecular flexibility index (Phi) is 8.04. The molecule has 1 fully saturated rings. The van der Waals surface area contributed by atoms with Gasteiger partial charge in [-0.25, -0.2) is 15.1 Å². The highest BCUT2D eigenvalue weighted by Gasteiger charge is 2.35. The van der Waals surface area contributed by atoms with Crippen molar-refractivity contribution in [3.05, 3.63) is 73.3 Å². The maximum Gasteiger partial charge on any atom is 0.333 e. The van der Waals surface area contributed by atoms with Crippen LogP contribution in [0.2, 0.25) is 9.36 Å². The number of aliphatic hydroxyl groups is 1. The van der Waals surface area contributed by atoms with E-state index < -0.39 is 28.4 Å². The number of ether oxygens (including phenoxy) is 1. The van der Waals surface area contributed by atoms with Crippen LogP contribution < -0.4 is 10.5 Å². The number of fused-ring (bicyclic) bond motifs is 1. The third kappa shape index (κ3) is 6.02. The summed E-state index contributed by atoms with van der Waals surface area (Å²) in [6.07, 6.45) is 2.96. The molecule has 0 saturated heterocycles. The average molecular weight is 600 g/mol. The first-order valence-corrected chi connectivity index (χ1v) is 14.8. The Morgan fingerprint density at radius 3 is 2.87 bits per heavy atom. The largest absolute Gasteiger partial charge is 0.393 e. The van der Waals surface area contributed by atoms with E-state index in [1.807, 2.05) is 18.2 Å². The van der Waals surface area contributed by atoms with Crippen molar-refractivity contribution in [3.8, 4) is 0 Å². The molecule has 3 heterocycles. The summed E-state index contributed by atoms with van der Waals surface area (Å²) in [6.45, 7) is 0.285. The second-order valence-corrected chi connectivity index (χ2v) is 12.5. The van der Waals surface area contributed by atoms with Gasteiger partial charge in [-0.3, -0.25) is 8.98 Å². The van der Waals surface area contributed by atoms with Crippen molar-refractivity contribution in [2.24, 2.45) is 11.1 Å². The molecule has 1 aliphatic heterocycles. The summed E-state index contributed by atoms with van der Waals surface area (Å²) in [5.74, 6) is -0.467. The number of rotatable bonds is 8. The third-order valence-electron chi connectivity index (χ3n) is 6.67. The van der Waals surface area contributed by atoms with Crippen LogP contribution >= 0.6 is 34.5 Å². The molecule has 0 unspecified atom stereocenters. The number of hydrogen-bond donors (Lipinski definition) is 3. The van der Waals surface area contributed by atoms with Crippen molar-refractivity contribution in [2.45, 2.75) is 37.5 Å². The Bertz CT molecular complexity index is 1470. The van der Waals surface area contributed by atoms with Gasteiger partial charge in [0.15, 0.2) is 0 Å². The monoisotopic (exact) mass is 598 g/mol. The molecule has 202 valence electrons. The molecule has 0 amide bonds. The Morgan fingerprint density at radius 1 is 1.26 bits per heavy atom. The van der Waals surface area contributed by atoms with Crippen LogP contribution in [0.25, 0.3) is 0 Å². The van der Waals surface area contributed by atoms with E-state index in [9.17, 15) is 18.3 Å². The van der Waals surface area contributed by atoms with Gasteiger partial charge in [0.25, 0.3) is 0 Å². The summed E-state index contributed by atoms with van der Waals surface area (Å²) in [4.78, 5) is 22.2. The zero-order valence-electron chi connectivity index (χ0n) is 19.8. The number of thiophene rings is 1. The SMILES string of the molecule is NS(=O)(=O)OC[C@H]1C[C@@H](Nc2ncncc2C(=O)c2cc([C@@H]3OCCc4ccc(Cl)cc43)c(Cl)s2)C[C@@H]1O. The van der Waals surface area contributed by atoms with E-state index in [-0.39, 0.29) is 24.0 Å². The van der Waals surface area contributed by atoms with Gasteiger partial charge in [0.1, 0.15) is 18.2 Å². The highest BCUT2D eigenvalue weighted by atomic mass is 35.5. The number of nitrogens with zero attached hydrogens (tertiary/aromatic N) is 2. The lowest BCUT2D eigenvalue weighted by Crippen LogP contribution is -2.24. The normalized spacial score (nSPS) is 23.3. The zero-order valence-corrected chi connectivity index (χ0v) is 23.0.